The number of sulfonamides is 1. The first-order valence-corrected chi connectivity index (χ1v) is 7.17. The number of rotatable bonds is 3. The van der Waals surface area contributed by atoms with E-state index in [-0.39, 0.29) is 10.5 Å². The van der Waals surface area contributed by atoms with Gasteiger partial charge in [-0.05, 0) is 32.0 Å². The summed E-state index contributed by atoms with van der Waals surface area (Å²) in [5.74, 6) is 0. The summed E-state index contributed by atoms with van der Waals surface area (Å²) in [6.07, 6.45) is 0. The minimum Gasteiger partial charge on any atom is -0.399 e. The number of anilines is 2. The maximum Gasteiger partial charge on any atom is 0.263 e. The molecule has 0 atom stereocenters. The lowest BCUT2D eigenvalue weighted by atomic mass is 10.2. The summed E-state index contributed by atoms with van der Waals surface area (Å²) < 4.78 is 27.1. The third-order valence-corrected chi connectivity index (χ3v) is 4.19. The number of H-pyrrole nitrogens is 1. The lowest BCUT2D eigenvalue weighted by Crippen LogP contribution is -2.15. The lowest BCUT2D eigenvalue weighted by molar-refractivity contribution is 0.601. The molecule has 0 unspecified atom stereocenters. The van der Waals surface area contributed by atoms with Gasteiger partial charge in [0.15, 0.2) is 0 Å². The first kappa shape index (κ1) is 13.9. The number of nitrogens with one attached hydrogen (secondary N) is 2. The zero-order valence-corrected chi connectivity index (χ0v) is 11.7. The van der Waals surface area contributed by atoms with Crippen LogP contribution in [0.5, 0.6) is 0 Å². The molecule has 7 nitrogen and oxygen atoms in total. The molecular weight excluding hydrogens is 278 g/mol. The Labute approximate surface area is 116 Å². The second kappa shape index (κ2) is 4.86. The molecule has 1 aromatic carbocycles. The topological polar surface area (TPSA) is 125 Å². The summed E-state index contributed by atoms with van der Waals surface area (Å²) in [7, 11) is -3.88. The van der Waals surface area contributed by atoms with E-state index in [0.29, 0.717) is 22.8 Å². The molecular formula is C12H13N5O2S. The molecule has 0 aliphatic carbocycles. The van der Waals surface area contributed by atoms with Gasteiger partial charge in [-0.1, -0.05) is 0 Å². The fraction of sp³-hybridized carbons (Fsp3) is 0.167. The van der Waals surface area contributed by atoms with Gasteiger partial charge in [0.2, 0.25) is 0 Å². The van der Waals surface area contributed by atoms with Gasteiger partial charge < -0.3 is 5.73 Å². The van der Waals surface area contributed by atoms with E-state index in [2.05, 4.69) is 14.9 Å². The van der Waals surface area contributed by atoms with E-state index in [1.165, 1.54) is 18.2 Å². The Morgan fingerprint density at radius 3 is 2.65 bits per heavy atom. The second-order valence-electron chi connectivity index (χ2n) is 4.28. The molecule has 0 saturated heterocycles. The molecule has 8 heteroatoms. The molecule has 0 bridgehead atoms. The summed E-state index contributed by atoms with van der Waals surface area (Å²) in [5.41, 5.74) is 7.38. The normalized spacial score (nSPS) is 11.1. The van der Waals surface area contributed by atoms with Crippen molar-refractivity contribution >= 4 is 21.4 Å². The largest absolute Gasteiger partial charge is 0.399 e. The zero-order valence-electron chi connectivity index (χ0n) is 10.9. The number of hydrogen-bond donors (Lipinski definition) is 3. The molecule has 0 aliphatic rings. The number of aryl methyl sites for hydroxylation is 2. The highest BCUT2D eigenvalue weighted by molar-refractivity contribution is 7.92. The van der Waals surface area contributed by atoms with Crippen LogP contribution in [0.3, 0.4) is 0 Å². The number of nitriles is 1. The van der Waals surface area contributed by atoms with Crippen molar-refractivity contribution in [3.8, 4) is 6.07 Å². The maximum absolute atomic E-state index is 12.4. The van der Waals surface area contributed by atoms with Gasteiger partial charge in [0.25, 0.3) is 10.0 Å². The molecule has 2 rings (SSSR count). The molecule has 0 spiro atoms. The number of aromatic nitrogens is 2. The van der Waals surface area contributed by atoms with Crippen LogP contribution in [0.2, 0.25) is 0 Å². The van der Waals surface area contributed by atoms with Crippen molar-refractivity contribution in [3.63, 3.8) is 0 Å². The van der Waals surface area contributed by atoms with Crippen molar-refractivity contribution in [2.24, 2.45) is 0 Å². The number of benzene rings is 1. The second-order valence-corrected chi connectivity index (χ2v) is 5.93. The first-order chi connectivity index (χ1) is 9.35. The fourth-order valence-corrected chi connectivity index (χ4v) is 3.08. The zero-order chi connectivity index (χ0) is 14.9. The highest BCUT2D eigenvalue weighted by atomic mass is 32.2. The van der Waals surface area contributed by atoms with Gasteiger partial charge in [-0.25, -0.2) is 8.42 Å². The minimum absolute atomic E-state index is 0.00342. The van der Waals surface area contributed by atoms with Crippen molar-refractivity contribution in [1.82, 2.24) is 10.2 Å². The van der Waals surface area contributed by atoms with Crippen LogP contribution in [0.15, 0.2) is 23.1 Å². The van der Waals surface area contributed by atoms with Crippen LogP contribution in [0.4, 0.5) is 11.4 Å². The highest BCUT2D eigenvalue weighted by Gasteiger charge is 2.21. The predicted octanol–water partition coefficient (Wildman–Crippen LogP) is 1.28. The molecule has 104 valence electrons. The van der Waals surface area contributed by atoms with Gasteiger partial charge in [0.1, 0.15) is 11.0 Å². The summed E-state index contributed by atoms with van der Waals surface area (Å²) in [4.78, 5) is -0.116. The van der Waals surface area contributed by atoms with E-state index in [9.17, 15) is 8.42 Å². The average Bonchev–Trinajstić information content (AvgIpc) is 2.69. The molecule has 1 aromatic heterocycles. The molecule has 20 heavy (non-hydrogen) atoms. The molecule has 2 aromatic rings. The molecule has 4 N–H and O–H groups in total. The van der Waals surface area contributed by atoms with E-state index < -0.39 is 10.0 Å². The van der Waals surface area contributed by atoms with Gasteiger partial charge in [0.05, 0.1) is 22.6 Å². The van der Waals surface area contributed by atoms with Crippen LogP contribution >= 0.6 is 0 Å². The van der Waals surface area contributed by atoms with Gasteiger partial charge in [-0.3, -0.25) is 9.82 Å². The maximum atomic E-state index is 12.4. The summed E-state index contributed by atoms with van der Waals surface area (Å²) in [6, 6.07) is 5.89. The monoisotopic (exact) mass is 291 g/mol. The van der Waals surface area contributed by atoms with Gasteiger partial charge >= 0.3 is 0 Å². The smallest absolute Gasteiger partial charge is 0.263 e. The van der Waals surface area contributed by atoms with Gasteiger partial charge in [-0.15, -0.1) is 0 Å². The van der Waals surface area contributed by atoms with Crippen LogP contribution in [-0.2, 0) is 10.0 Å². The van der Waals surface area contributed by atoms with Crippen molar-refractivity contribution in [3.05, 3.63) is 35.2 Å². The Bertz CT molecular complexity index is 782. The Balaban J connectivity index is 2.50. The summed E-state index contributed by atoms with van der Waals surface area (Å²) in [6.45, 7) is 3.38. The standard InChI is InChI=1S/C12H13N5O2S/c1-7-12(8(2)16-15-7)17-20(18,19)11-4-3-10(14)5-9(11)6-13/h3-5,17H,14H2,1-2H3,(H,15,16). The summed E-state index contributed by atoms with van der Waals surface area (Å²) in [5, 5.41) is 15.6. The number of nitrogens with zero attached hydrogens (tertiary/aromatic N) is 2. The van der Waals surface area contributed by atoms with Gasteiger partial charge in [-0.2, -0.15) is 10.4 Å². The SMILES string of the molecule is Cc1n[nH]c(C)c1NS(=O)(=O)c1ccc(N)cc1C#N. The van der Waals surface area contributed by atoms with Crippen molar-refractivity contribution < 1.29 is 8.42 Å². The van der Waals surface area contributed by atoms with Crippen LogP contribution in [0.1, 0.15) is 17.0 Å². The molecule has 0 amide bonds. The fourth-order valence-electron chi connectivity index (χ4n) is 1.76. The molecule has 0 radical (unpaired) electrons. The molecule has 0 fully saturated rings. The van der Waals surface area contributed by atoms with E-state index in [1.807, 2.05) is 6.07 Å². The van der Waals surface area contributed by atoms with Crippen LogP contribution in [0.25, 0.3) is 0 Å². The van der Waals surface area contributed by atoms with E-state index in [0.717, 1.165) is 0 Å². The van der Waals surface area contributed by atoms with Crippen molar-refractivity contribution in [1.29, 1.82) is 5.26 Å². The van der Waals surface area contributed by atoms with Gasteiger partial charge in [0, 0.05) is 5.69 Å². The van der Waals surface area contributed by atoms with Crippen molar-refractivity contribution in [2.75, 3.05) is 10.5 Å². The van der Waals surface area contributed by atoms with Crippen molar-refractivity contribution in [2.45, 2.75) is 18.7 Å². The van der Waals surface area contributed by atoms with E-state index in [1.54, 1.807) is 13.8 Å². The number of nitrogens with two attached hydrogens (primary N) is 1. The number of hydrogen-bond acceptors (Lipinski definition) is 5. The summed E-state index contributed by atoms with van der Waals surface area (Å²) >= 11 is 0. The number of aromatic amines is 1. The highest BCUT2D eigenvalue weighted by Crippen LogP contribution is 2.24. The van der Waals surface area contributed by atoms with E-state index >= 15 is 0 Å². The van der Waals surface area contributed by atoms with Crippen LogP contribution < -0.4 is 10.5 Å². The average molecular weight is 291 g/mol. The molecule has 1 heterocycles. The predicted molar refractivity (Wildman–Crippen MR) is 74.4 cm³/mol. The third-order valence-electron chi connectivity index (χ3n) is 2.78. The number of nitrogen functional groups attached to an aromatic ring is 1. The first-order valence-electron chi connectivity index (χ1n) is 5.69. The lowest BCUT2D eigenvalue weighted by Gasteiger charge is -2.09. The Hall–Kier alpha value is -2.53. The molecule has 0 saturated carbocycles. The quantitative estimate of drug-likeness (QED) is 0.735. The molecule has 0 aliphatic heterocycles. The van der Waals surface area contributed by atoms with Crippen LogP contribution in [-0.4, -0.2) is 18.6 Å². The van der Waals surface area contributed by atoms with Crippen LogP contribution in [0, 0.1) is 25.2 Å². The minimum atomic E-state index is -3.88. The Morgan fingerprint density at radius 2 is 2.10 bits per heavy atom. The van der Waals surface area contributed by atoms with E-state index in [4.69, 9.17) is 11.0 Å². The third kappa shape index (κ3) is 2.44. The Kier molecular flexibility index (Phi) is 3.38. The Morgan fingerprint density at radius 1 is 1.40 bits per heavy atom.